The van der Waals surface area contributed by atoms with Gasteiger partial charge in [-0.15, -0.1) is 0 Å². The van der Waals surface area contributed by atoms with Gasteiger partial charge in [-0.2, -0.15) is 0 Å². The van der Waals surface area contributed by atoms with Crippen molar-refractivity contribution < 1.29 is 18.0 Å². The fraction of sp³-hybridized carbons (Fsp3) is 0.273. The average molecular weight is 430 g/mol. The Labute approximate surface area is 177 Å². The summed E-state index contributed by atoms with van der Waals surface area (Å²) in [5.41, 5.74) is 1.53. The maximum atomic E-state index is 12.6. The molecule has 0 bridgehead atoms. The Morgan fingerprint density at radius 1 is 1.00 bits per heavy atom. The molecule has 2 aromatic rings. The molecule has 2 aromatic carbocycles. The van der Waals surface area contributed by atoms with Crippen LogP contribution < -0.4 is 10.6 Å². The SMILES string of the molecule is C=CC(=O)NCCCN(C)S(=O)(=O)c1ccc(C(=O)NCCc2ccccc2)cc1. The van der Waals surface area contributed by atoms with E-state index in [0.717, 1.165) is 12.0 Å². The molecule has 0 aromatic heterocycles. The molecule has 160 valence electrons. The number of carbonyl (C=O) groups is 2. The van der Waals surface area contributed by atoms with Gasteiger partial charge in [0.15, 0.2) is 0 Å². The van der Waals surface area contributed by atoms with Crippen LogP contribution in [0.15, 0.2) is 72.1 Å². The van der Waals surface area contributed by atoms with Gasteiger partial charge < -0.3 is 10.6 Å². The molecule has 7 nitrogen and oxygen atoms in total. The Morgan fingerprint density at radius 3 is 2.30 bits per heavy atom. The lowest BCUT2D eigenvalue weighted by Gasteiger charge is -2.17. The van der Waals surface area contributed by atoms with E-state index in [2.05, 4.69) is 17.2 Å². The third-order valence-corrected chi connectivity index (χ3v) is 6.37. The molecule has 0 saturated carbocycles. The van der Waals surface area contributed by atoms with Crippen LogP contribution in [-0.4, -0.2) is 51.2 Å². The third kappa shape index (κ3) is 6.82. The van der Waals surface area contributed by atoms with Crippen LogP contribution >= 0.6 is 0 Å². The van der Waals surface area contributed by atoms with Crippen molar-refractivity contribution in [3.8, 4) is 0 Å². The molecule has 0 radical (unpaired) electrons. The fourth-order valence-electron chi connectivity index (χ4n) is 2.73. The summed E-state index contributed by atoms with van der Waals surface area (Å²) >= 11 is 0. The first-order valence-corrected chi connectivity index (χ1v) is 11.1. The van der Waals surface area contributed by atoms with Crippen molar-refractivity contribution in [1.82, 2.24) is 14.9 Å². The van der Waals surface area contributed by atoms with Crippen molar-refractivity contribution in [3.63, 3.8) is 0 Å². The van der Waals surface area contributed by atoms with Crippen molar-refractivity contribution in [3.05, 3.63) is 78.4 Å². The van der Waals surface area contributed by atoms with Crippen LogP contribution in [0.3, 0.4) is 0 Å². The van der Waals surface area contributed by atoms with E-state index in [1.807, 2.05) is 30.3 Å². The predicted molar refractivity (Wildman–Crippen MR) is 117 cm³/mol. The molecule has 0 aliphatic carbocycles. The Morgan fingerprint density at radius 2 is 1.67 bits per heavy atom. The van der Waals surface area contributed by atoms with E-state index in [0.29, 0.717) is 25.1 Å². The van der Waals surface area contributed by atoms with Gasteiger partial charge in [-0.25, -0.2) is 12.7 Å². The molecule has 8 heteroatoms. The molecule has 30 heavy (non-hydrogen) atoms. The molecule has 0 spiro atoms. The molecular formula is C22H27N3O4S. The molecule has 0 heterocycles. The van der Waals surface area contributed by atoms with Gasteiger partial charge in [0.2, 0.25) is 15.9 Å². The molecule has 0 atom stereocenters. The largest absolute Gasteiger partial charge is 0.353 e. The summed E-state index contributed by atoms with van der Waals surface area (Å²) in [4.78, 5) is 23.5. The average Bonchev–Trinajstić information content (AvgIpc) is 2.77. The predicted octanol–water partition coefficient (Wildman–Crippen LogP) is 1.97. The first-order valence-electron chi connectivity index (χ1n) is 9.63. The summed E-state index contributed by atoms with van der Waals surface area (Å²) in [5.74, 6) is -0.542. The van der Waals surface area contributed by atoms with E-state index in [4.69, 9.17) is 0 Å². The van der Waals surface area contributed by atoms with Crippen LogP contribution in [0.4, 0.5) is 0 Å². The topological polar surface area (TPSA) is 95.6 Å². The number of benzene rings is 2. The molecule has 2 amide bonds. The van der Waals surface area contributed by atoms with E-state index in [1.54, 1.807) is 0 Å². The zero-order valence-electron chi connectivity index (χ0n) is 17.0. The number of carbonyl (C=O) groups excluding carboxylic acids is 2. The molecule has 0 saturated heterocycles. The van der Waals surface area contributed by atoms with Gasteiger partial charge >= 0.3 is 0 Å². The van der Waals surface area contributed by atoms with Crippen molar-refractivity contribution in [1.29, 1.82) is 0 Å². The minimum Gasteiger partial charge on any atom is -0.353 e. The molecule has 0 aliphatic rings. The van der Waals surface area contributed by atoms with E-state index in [9.17, 15) is 18.0 Å². The van der Waals surface area contributed by atoms with E-state index in [1.165, 1.54) is 41.7 Å². The number of nitrogens with zero attached hydrogens (tertiary/aromatic N) is 1. The normalized spacial score (nSPS) is 11.1. The zero-order valence-corrected chi connectivity index (χ0v) is 17.8. The van der Waals surface area contributed by atoms with Gasteiger partial charge in [-0.1, -0.05) is 36.9 Å². The lowest BCUT2D eigenvalue weighted by Crippen LogP contribution is -2.31. The quantitative estimate of drug-likeness (QED) is 0.422. The Bertz CT molecular complexity index is 958. The maximum Gasteiger partial charge on any atom is 0.251 e. The second-order valence-corrected chi connectivity index (χ2v) is 8.74. The van der Waals surface area contributed by atoms with Gasteiger partial charge in [-0.05, 0) is 48.7 Å². The summed E-state index contributed by atoms with van der Waals surface area (Å²) in [6, 6.07) is 15.7. The number of rotatable bonds is 11. The summed E-state index contributed by atoms with van der Waals surface area (Å²) in [6.07, 6.45) is 2.36. The highest BCUT2D eigenvalue weighted by Gasteiger charge is 2.20. The van der Waals surface area contributed by atoms with Crippen molar-refractivity contribution in [2.75, 3.05) is 26.7 Å². The lowest BCUT2D eigenvalue weighted by atomic mass is 10.1. The van der Waals surface area contributed by atoms with Crippen LogP contribution in [0.1, 0.15) is 22.3 Å². The summed E-state index contributed by atoms with van der Waals surface area (Å²) in [6.45, 7) is 4.46. The molecular weight excluding hydrogens is 402 g/mol. The molecule has 0 fully saturated rings. The molecule has 0 aliphatic heterocycles. The number of amides is 2. The number of sulfonamides is 1. The first kappa shape index (κ1) is 23.3. The summed E-state index contributed by atoms with van der Waals surface area (Å²) < 4.78 is 26.5. The van der Waals surface area contributed by atoms with E-state index >= 15 is 0 Å². The highest BCUT2D eigenvalue weighted by Crippen LogP contribution is 2.15. The molecule has 2 rings (SSSR count). The van der Waals surface area contributed by atoms with Crippen LogP contribution in [0, 0.1) is 0 Å². The van der Waals surface area contributed by atoms with Gasteiger partial charge in [0.1, 0.15) is 0 Å². The Kier molecular flexibility index (Phi) is 8.76. The standard InChI is InChI=1S/C22H27N3O4S/c1-3-21(26)23-15-7-17-25(2)30(28,29)20-12-10-19(11-13-20)22(27)24-16-14-18-8-5-4-6-9-18/h3-6,8-13H,1,7,14-17H2,2H3,(H,23,26)(H,24,27). The number of hydrogen-bond donors (Lipinski definition) is 2. The van der Waals surface area contributed by atoms with Crippen LogP contribution in [0.2, 0.25) is 0 Å². The van der Waals surface area contributed by atoms with Gasteiger partial charge in [-0.3, -0.25) is 9.59 Å². The summed E-state index contributed by atoms with van der Waals surface area (Å²) in [7, 11) is -2.19. The zero-order chi connectivity index (χ0) is 22.0. The molecule has 0 unspecified atom stereocenters. The van der Waals surface area contributed by atoms with Gasteiger partial charge in [0.05, 0.1) is 4.90 Å². The second kappa shape index (κ2) is 11.3. The lowest BCUT2D eigenvalue weighted by molar-refractivity contribution is -0.116. The minimum absolute atomic E-state index is 0.112. The summed E-state index contributed by atoms with van der Waals surface area (Å²) in [5, 5.41) is 5.44. The smallest absolute Gasteiger partial charge is 0.251 e. The van der Waals surface area contributed by atoms with E-state index < -0.39 is 10.0 Å². The maximum absolute atomic E-state index is 12.6. The van der Waals surface area contributed by atoms with Crippen LogP contribution in [0.25, 0.3) is 0 Å². The Hall–Kier alpha value is -2.97. The third-order valence-electron chi connectivity index (χ3n) is 4.50. The van der Waals surface area contributed by atoms with Gasteiger partial charge in [0, 0.05) is 32.2 Å². The van der Waals surface area contributed by atoms with Crippen LogP contribution in [-0.2, 0) is 21.2 Å². The van der Waals surface area contributed by atoms with Crippen LogP contribution in [0.5, 0.6) is 0 Å². The van der Waals surface area contributed by atoms with E-state index in [-0.39, 0.29) is 23.3 Å². The highest BCUT2D eigenvalue weighted by molar-refractivity contribution is 7.89. The first-order chi connectivity index (χ1) is 14.3. The molecule has 2 N–H and O–H groups in total. The highest BCUT2D eigenvalue weighted by atomic mass is 32.2. The Balaban J connectivity index is 1.87. The number of hydrogen-bond acceptors (Lipinski definition) is 4. The second-order valence-electron chi connectivity index (χ2n) is 6.69. The minimum atomic E-state index is -3.67. The van der Waals surface area contributed by atoms with Crippen molar-refractivity contribution in [2.45, 2.75) is 17.7 Å². The fourth-order valence-corrected chi connectivity index (χ4v) is 3.94. The van der Waals surface area contributed by atoms with Crippen molar-refractivity contribution >= 4 is 21.8 Å². The number of nitrogens with one attached hydrogen (secondary N) is 2. The van der Waals surface area contributed by atoms with Crippen molar-refractivity contribution in [2.24, 2.45) is 0 Å². The van der Waals surface area contributed by atoms with Gasteiger partial charge in [0.25, 0.3) is 5.91 Å². The monoisotopic (exact) mass is 429 g/mol.